The number of hydrogen-bond acceptors (Lipinski definition) is 4. The van der Waals surface area contributed by atoms with Crippen LogP contribution in [0.1, 0.15) is 0 Å². The van der Waals surface area contributed by atoms with Gasteiger partial charge >= 0.3 is 0 Å². The molecule has 0 aliphatic heterocycles. The Hall–Kier alpha value is -3.08. The SMILES string of the molecule is Nc1ccc(-c2cnn(-c3nccc4occc34)c2)cc1. The first-order valence-electron chi connectivity index (χ1n) is 6.54. The van der Waals surface area contributed by atoms with Crippen LogP contribution in [0.15, 0.2) is 65.7 Å². The molecule has 102 valence electrons. The second kappa shape index (κ2) is 4.49. The molecular weight excluding hydrogens is 264 g/mol. The van der Waals surface area contributed by atoms with Gasteiger partial charge in [-0.25, -0.2) is 9.67 Å². The van der Waals surface area contributed by atoms with Gasteiger partial charge in [-0.05, 0) is 29.8 Å². The largest absolute Gasteiger partial charge is 0.464 e. The average Bonchev–Trinajstić information content (AvgIpc) is 3.16. The Labute approximate surface area is 120 Å². The number of furan rings is 1. The third kappa shape index (κ3) is 1.95. The monoisotopic (exact) mass is 276 g/mol. The summed E-state index contributed by atoms with van der Waals surface area (Å²) in [4.78, 5) is 4.39. The molecule has 0 spiro atoms. The van der Waals surface area contributed by atoms with E-state index >= 15 is 0 Å². The van der Waals surface area contributed by atoms with Gasteiger partial charge in [0, 0.05) is 23.6 Å². The molecule has 3 heterocycles. The molecular formula is C16H12N4O. The van der Waals surface area contributed by atoms with Crippen LogP contribution in [-0.2, 0) is 0 Å². The van der Waals surface area contributed by atoms with E-state index in [2.05, 4.69) is 10.1 Å². The number of nitrogen functional groups attached to an aromatic ring is 1. The topological polar surface area (TPSA) is 69.9 Å². The van der Waals surface area contributed by atoms with Gasteiger partial charge in [-0.1, -0.05) is 12.1 Å². The smallest absolute Gasteiger partial charge is 0.164 e. The van der Waals surface area contributed by atoms with Crippen LogP contribution in [0.4, 0.5) is 5.69 Å². The summed E-state index contributed by atoms with van der Waals surface area (Å²) in [6, 6.07) is 11.4. The molecule has 0 radical (unpaired) electrons. The van der Waals surface area contributed by atoms with E-state index in [1.807, 2.05) is 48.8 Å². The summed E-state index contributed by atoms with van der Waals surface area (Å²) in [6.45, 7) is 0. The third-order valence-corrected chi connectivity index (χ3v) is 3.40. The number of benzene rings is 1. The van der Waals surface area contributed by atoms with E-state index < -0.39 is 0 Å². The highest BCUT2D eigenvalue weighted by Crippen LogP contribution is 2.24. The van der Waals surface area contributed by atoms with Gasteiger partial charge < -0.3 is 10.2 Å². The fourth-order valence-electron chi connectivity index (χ4n) is 2.33. The minimum Gasteiger partial charge on any atom is -0.464 e. The highest BCUT2D eigenvalue weighted by molar-refractivity contribution is 5.84. The van der Waals surface area contributed by atoms with E-state index in [1.54, 1.807) is 17.1 Å². The molecule has 0 amide bonds. The molecule has 3 aromatic heterocycles. The van der Waals surface area contributed by atoms with E-state index in [9.17, 15) is 0 Å². The quantitative estimate of drug-likeness (QED) is 0.570. The van der Waals surface area contributed by atoms with Crippen molar-refractivity contribution in [3.8, 4) is 16.9 Å². The molecule has 0 saturated heterocycles. The molecule has 0 fully saturated rings. The van der Waals surface area contributed by atoms with Crippen LogP contribution in [-0.4, -0.2) is 14.8 Å². The van der Waals surface area contributed by atoms with Gasteiger partial charge in [-0.15, -0.1) is 0 Å². The summed E-state index contributed by atoms with van der Waals surface area (Å²) in [6.07, 6.45) is 7.12. The molecule has 0 bridgehead atoms. The lowest BCUT2D eigenvalue weighted by Crippen LogP contribution is -1.97. The Kier molecular flexibility index (Phi) is 2.50. The van der Waals surface area contributed by atoms with Crippen LogP contribution < -0.4 is 5.73 Å². The average molecular weight is 276 g/mol. The Balaban J connectivity index is 1.81. The molecule has 5 nitrogen and oxygen atoms in total. The number of nitrogens with two attached hydrogens (primary N) is 1. The molecule has 5 heteroatoms. The number of nitrogens with zero attached hydrogens (tertiary/aromatic N) is 3. The molecule has 4 aromatic rings. The molecule has 1 aromatic carbocycles. The van der Waals surface area contributed by atoms with Gasteiger partial charge in [0.25, 0.3) is 0 Å². The van der Waals surface area contributed by atoms with Gasteiger partial charge in [0.15, 0.2) is 5.82 Å². The maximum atomic E-state index is 5.71. The van der Waals surface area contributed by atoms with Crippen LogP contribution in [0.25, 0.3) is 27.9 Å². The Bertz CT molecular complexity index is 905. The number of anilines is 1. The van der Waals surface area contributed by atoms with Crippen LogP contribution in [0, 0.1) is 0 Å². The van der Waals surface area contributed by atoms with Gasteiger partial charge in [-0.3, -0.25) is 0 Å². The van der Waals surface area contributed by atoms with Crippen molar-refractivity contribution in [2.45, 2.75) is 0 Å². The number of rotatable bonds is 2. The molecule has 0 aliphatic rings. The van der Waals surface area contributed by atoms with Gasteiger partial charge in [0.05, 0.1) is 17.8 Å². The number of hydrogen-bond donors (Lipinski definition) is 1. The van der Waals surface area contributed by atoms with Crippen molar-refractivity contribution in [3.63, 3.8) is 0 Å². The molecule has 0 saturated carbocycles. The summed E-state index contributed by atoms with van der Waals surface area (Å²) < 4.78 is 7.14. The van der Waals surface area contributed by atoms with Crippen LogP contribution in [0.2, 0.25) is 0 Å². The second-order valence-corrected chi connectivity index (χ2v) is 4.76. The van der Waals surface area contributed by atoms with Crippen molar-refractivity contribution in [2.24, 2.45) is 0 Å². The van der Waals surface area contributed by atoms with Crippen LogP contribution in [0.3, 0.4) is 0 Å². The summed E-state index contributed by atoms with van der Waals surface area (Å²) in [7, 11) is 0. The van der Waals surface area contributed by atoms with Crippen LogP contribution >= 0.6 is 0 Å². The number of aromatic nitrogens is 3. The molecule has 21 heavy (non-hydrogen) atoms. The molecule has 0 aliphatic carbocycles. The normalized spacial score (nSPS) is 11.0. The highest BCUT2D eigenvalue weighted by atomic mass is 16.3. The molecule has 2 N–H and O–H groups in total. The fourth-order valence-corrected chi connectivity index (χ4v) is 2.33. The number of pyridine rings is 1. The predicted molar refractivity (Wildman–Crippen MR) is 81.0 cm³/mol. The minimum atomic E-state index is 0.746. The van der Waals surface area contributed by atoms with Crippen molar-refractivity contribution in [1.29, 1.82) is 0 Å². The summed E-state index contributed by atoms with van der Waals surface area (Å²) in [5.41, 5.74) is 9.33. The summed E-state index contributed by atoms with van der Waals surface area (Å²) in [5.74, 6) is 0.753. The predicted octanol–water partition coefficient (Wildman–Crippen LogP) is 3.26. The fraction of sp³-hybridized carbons (Fsp3) is 0. The Morgan fingerprint density at radius 2 is 1.86 bits per heavy atom. The molecule has 0 unspecified atom stereocenters. The maximum absolute atomic E-state index is 5.71. The van der Waals surface area contributed by atoms with Crippen molar-refractivity contribution in [3.05, 3.63) is 61.3 Å². The lowest BCUT2D eigenvalue weighted by molar-refractivity contribution is 0.615. The van der Waals surface area contributed by atoms with E-state index in [1.165, 1.54) is 0 Å². The standard InChI is InChI=1S/C16H12N4O/c17-13-3-1-11(2-4-13)12-9-19-20(10-12)16-14-6-8-21-15(14)5-7-18-16/h1-10H,17H2. The van der Waals surface area contributed by atoms with E-state index in [-0.39, 0.29) is 0 Å². The number of fused-ring (bicyclic) bond motifs is 1. The van der Waals surface area contributed by atoms with E-state index in [0.29, 0.717) is 0 Å². The minimum absolute atomic E-state index is 0.746. The van der Waals surface area contributed by atoms with Gasteiger partial charge in [0.1, 0.15) is 5.58 Å². The first-order chi connectivity index (χ1) is 10.3. The lowest BCUT2D eigenvalue weighted by atomic mass is 10.1. The first kappa shape index (κ1) is 11.7. The first-order valence-corrected chi connectivity index (χ1v) is 6.54. The lowest BCUT2D eigenvalue weighted by Gasteiger charge is -2.01. The Morgan fingerprint density at radius 1 is 1.00 bits per heavy atom. The zero-order valence-corrected chi connectivity index (χ0v) is 11.1. The second-order valence-electron chi connectivity index (χ2n) is 4.76. The van der Waals surface area contributed by atoms with Crippen molar-refractivity contribution < 1.29 is 4.42 Å². The zero-order valence-electron chi connectivity index (χ0n) is 11.1. The third-order valence-electron chi connectivity index (χ3n) is 3.40. The van der Waals surface area contributed by atoms with Gasteiger partial charge in [0.2, 0.25) is 0 Å². The van der Waals surface area contributed by atoms with Crippen molar-refractivity contribution >= 4 is 16.7 Å². The molecule has 0 atom stereocenters. The molecule has 4 rings (SSSR count). The zero-order chi connectivity index (χ0) is 14.2. The Morgan fingerprint density at radius 3 is 2.71 bits per heavy atom. The van der Waals surface area contributed by atoms with Gasteiger partial charge in [-0.2, -0.15) is 5.10 Å². The maximum Gasteiger partial charge on any atom is 0.164 e. The van der Waals surface area contributed by atoms with Crippen LogP contribution in [0.5, 0.6) is 0 Å². The summed E-state index contributed by atoms with van der Waals surface area (Å²) >= 11 is 0. The van der Waals surface area contributed by atoms with E-state index in [0.717, 1.165) is 33.6 Å². The van der Waals surface area contributed by atoms with Crippen molar-refractivity contribution in [2.75, 3.05) is 5.73 Å². The summed E-state index contributed by atoms with van der Waals surface area (Å²) in [5, 5.41) is 5.33. The van der Waals surface area contributed by atoms with Crippen molar-refractivity contribution in [1.82, 2.24) is 14.8 Å². The highest BCUT2D eigenvalue weighted by Gasteiger charge is 2.09. The van der Waals surface area contributed by atoms with E-state index in [4.69, 9.17) is 10.2 Å².